The normalized spacial score (nSPS) is 20.7. The molecule has 0 saturated carbocycles. The Hall–Kier alpha value is -3.32. The summed E-state index contributed by atoms with van der Waals surface area (Å²) >= 11 is 0. The van der Waals surface area contributed by atoms with E-state index in [1.54, 1.807) is 41.2 Å². The fourth-order valence-electron chi connectivity index (χ4n) is 5.31. The van der Waals surface area contributed by atoms with E-state index in [4.69, 9.17) is 9.72 Å². The van der Waals surface area contributed by atoms with Gasteiger partial charge in [-0.3, -0.25) is 4.79 Å². The molecule has 41 heavy (non-hydrogen) atoms. The first-order chi connectivity index (χ1) is 19.3. The largest absolute Gasteiger partial charge is 0.476 e. The Kier molecular flexibility index (Phi) is 7.94. The average molecular weight is 602 g/mol. The average Bonchev–Trinajstić information content (AvgIpc) is 3.48. The Bertz CT molecular complexity index is 1530. The molecular weight excluding hydrogens is 562 g/mol. The van der Waals surface area contributed by atoms with Gasteiger partial charge in [0.25, 0.3) is 15.9 Å². The number of carbonyl (C=O) groups excluding carboxylic acids is 1. The van der Waals surface area contributed by atoms with E-state index >= 15 is 0 Å². The molecule has 1 atom stereocenters. The number of fused-ring (bicyclic) bond motifs is 6. The third-order valence-corrected chi connectivity index (χ3v) is 10.0. The third-order valence-electron chi connectivity index (χ3n) is 7.39. The fraction of sp³-hybridized carbons (Fsp3) is 0.500. The molecule has 0 spiro atoms. The Balaban J connectivity index is 1.51. The molecular formula is C28H39N7O4S2. The highest BCUT2D eigenvalue weighted by molar-refractivity contribution is 8.32. The van der Waals surface area contributed by atoms with Crippen LogP contribution in [-0.4, -0.2) is 83.8 Å². The number of nitrogens with zero attached hydrogens (tertiary/aromatic N) is 5. The van der Waals surface area contributed by atoms with Crippen molar-refractivity contribution >= 4 is 37.6 Å². The van der Waals surface area contributed by atoms with E-state index in [9.17, 15) is 13.2 Å². The van der Waals surface area contributed by atoms with E-state index < -0.39 is 26.0 Å². The van der Waals surface area contributed by atoms with Gasteiger partial charge in [0.15, 0.2) is 10.8 Å². The number of sulfonamides is 1. The lowest BCUT2D eigenvalue weighted by molar-refractivity contribution is 0.0981. The molecule has 0 radical (unpaired) electrons. The van der Waals surface area contributed by atoms with E-state index in [2.05, 4.69) is 57.6 Å². The minimum absolute atomic E-state index is 0.173. The molecule has 1 saturated heterocycles. The van der Waals surface area contributed by atoms with Crippen LogP contribution in [0.3, 0.4) is 0 Å². The predicted octanol–water partition coefficient (Wildman–Crippen LogP) is 3.66. The van der Waals surface area contributed by atoms with E-state index in [0.717, 1.165) is 25.0 Å². The maximum absolute atomic E-state index is 13.6. The van der Waals surface area contributed by atoms with Crippen LogP contribution in [0.25, 0.3) is 5.82 Å². The molecule has 11 nitrogen and oxygen atoms in total. The summed E-state index contributed by atoms with van der Waals surface area (Å²) in [5.74, 6) is 2.48. The summed E-state index contributed by atoms with van der Waals surface area (Å²) < 4.78 is 36.0. The van der Waals surface area contributed by atoms with Crippen molar-refractivity contribution < 1.29 is 17.9 Å². The number of carbonyl (C=O) groups is 1. The van der Waals surface area contributed by atoms with Crippen LogP contribution in [0.5, 0.6) is 5.88 Å². The summed E-state index contributed by atoms with van der Waals surface area (Å²) in [6.45, 7) is 6.21. The van der Waals surface area contributed by atoms with Crippen molar-refractivity contribution in [2.24, 2.45) is 5.92 Å². The van der Waals surface area contributed by atoms with Crippen LogP contribution < -0.4 is 19.7 Å². The summed E-state index contributed by atoms with van der Waals surface area (Å²) in [6.07, 6.45) is 11.3. The van der Waals surface area contributed by atoms with Gasteiger partial charge in [0.1, 0.15) is 11.6 Å². The van der Waals surface area contributed by atoms with Crippen molar-refractivity contribution in [2.75, 3.05) is 54.4 Å². The van der Waals surface area contributed by atoms with E-state index in [0.29, 0.717) is 48.9 Å². The van der Waals surface area contributed by atoms with Crippen LogP contribution >= 0.6 is 10.0 Å². The lowest BCUT2D eigenvalue weighted by atomic mass is 9.93. The molecule has 3 aromatic rings. The first kappa shape index (κ1) is 29.2. The van der Waals surface area contributed by atoms with Gasteiger partial charge in [-0.15, -0.1) is 5.10 Å². The Morgan fingerprint density at radius 2 is 1.93 bits per heavy atom. The lowest BCUT2D eigenvalue weighted by Gasteiger charge is -2.34. The number of amides is 1. The Morgan fingerprint density at radius 3 is 2.71 bits per heavy atom. The standard InChI is InChI=1S/C28H39N7O4S2/c1-28(2)18-20-8-7-14-29-22-9-6-10-25(30-22)41(37,38)33-27(36)21-11-12-23(31-26(21)34(28)19-20)35-15-13-24(32-35)39-16-17-40(3,4)5/h6,9-13,15,20H,7-8,14,16-19H2,1-5H3,(H,29,30)(H,33,36)/t20-/m0/s1. The van der Waals surface area contributed by atoms with Crippen LogP contribution in [0.4, 0.5) is 11.6 Å². The molecule has 1 fully saturated rings. The van der Waals surface area contributed by atoms with Gasteiger partial charge in [0.2, 0.25) is 5.88 Å². The first-order valence-corrected chi connectivity index (χ1v) is 18.2. The number of nitrogens with one attached hydrogen (secondary N) is 2. The number of hydrogen-bond acceptors (Lipinski definition) is 9. The molecule has 0 aliphatic carbocycles. The lowest BCUT2D eigenvalue weighted by Crippen LogP contribution is -2.41. The monoisotopic (exact) mass is 601 g/mol. The van der Waals surface area contributed by atoms with Crippen molar-refractivity contribution in [1.82, 2.24) is 24.5 Å². The summed E-state index contributed by atoms with van der Waals surface area (Å²) in [5, 5.41) is 7.54. The summed E-state index contributed by atoms with van der Waals surface area (Å²) in [7, 11) is -4.90. The molecule has 0 unspecified atom stereocenters. The molecule has 13 heteroatoms. The Morgan fingerprint density at radius 1 is 1.12 bits per heavy atom. The summed E-state index contributed by atoms with van der Waals surface area (Å²) in [6, 6.07) is 9.77. The number of ether oxygens (including phenoxy) is 1. The first-order valence-electron chi connectivity index (χ1n) is 13.7. The number of aromatic nitrogens is 4. The van der Waals surface area contributed by atoms with Gasteiger partial charge in [-0.2, -0.15) is 8.42 Å². The summed E-state index contributed by atoms with van der Waals surface area (Å²) in [5.41, 5.74) is -0.124. The second-order valence-electron chi connectivity index (χ2n) is 12.1. The molecule has 0 aromatic carbocycles. The van der Waals surface area contributed by atoms with Gasteiger partial charge < -0.3 is 15.0 Å². The molecule has 5 rings (SSSR count). The van der Waals surface area contributed by atoms with Crippen LogP contribution in [-0.2, 0) is 10.0 Å². The minimum atomic E-state index is -4.22. The molecule has 5 heterocycles. The van der Waals surface area contributed by atoms with Crippen molar-refractivity contribution in [1.29, 1.82) is 0 Å². The van der Waals surface area contributed by atoms with Gasteiger partial charge in [0, 0.05) is 36.6 Å². The second kappa shape index (κ2) is 11.2. The highest BCUT2D eigenvalue weighted by Gasteiger charge is 2.41. The maximum atomic E-state index is 13.6. The predicted molar refractivity (Wildman–Crippen MR) is 163 cm³/mol. The van der Waals surface area contributed by atoms with Crippen LogP contribution in [0.1, 0.15) is 43.5 Å². The quantitative estimate of drug-likeness (QED) is 0.450. The molecule has 3 aromatic heterocycles. The summed E-state index contributed by atoms with van der Waals surface area (Å²) in [4.78, 5) is 24.8. The van der Waals surface area contributed by atoms with Crippen molar-refractivity contribution in [3.8, 4) is 11.7 Å². The van der Waals surface area contributed by atoms with E-state index in [-0.39, 0.29) is 16.1 Å². The van der Waals surface area contributed by atoms with Crippen molar-refractivity contribution in [3.63, 3.8) is 0 Å². The van der Waals surface area contributed by atoms with Crippen LogP contribution in [0, 0.1) is 5.92 Å². The van der Waals surface area contributed by atoms with Gasteiger partial charge >= 0.3 is 0 Å². The van der Waals surface area contributed by atoms with Crippen molar-refractivity contribution in [3.05, 3.63) is 48.2 Å². The maximum Gasteiger partial charge on any atom is 0.281 e. The minimum Gasteiger partial charge on any atom is -0.476 e. The fourth-order valence-corrected chi connectivity index (χ4v) is 6.83. The van der Waals surface area contributed by atoms with Gasteiger partial charge in [-0.1, -0.05) is 6.07 Å². The number of pyridine rings is 2. The van der Waals surface area contributed by atoms with Crippen LogP contribution in [0.15, 0.2) is 47.6 Å². The zero-order chi connectivity index (χ0) is 29.4. The zero-order valence-corrected chi connectivity index (χ0v) is 25.9. The van der Waals surface area contributed by atoms with Crippen LogP contribution in [0.2, 0.25) is 0 Å². The van der Waals surface area contributed by atoms with E-state index in [1.807, 2.05) is 0 Å². The Labute approximate surface area is 243 Å². The number of anilines is 2. The molecule has 2 aliphatic heterocycles. The highest BCUT2D eigenvalue weighted by Crippen LogP contribution is 2.40. The number of rotatable bonds is 5. The number of hydrogen-bond donors (Lipinski definition) is 2. The van der Waals surface area contributed by atoms with Gasteiger partial charge in [-0.25, -0.2) is 29.4 Å². The molecule has 2 aliphatic rings. The molecule has 222 valence electrons. The third kappa shape index (κ3) is 6.78. The second-order valence-corrected chi connectivity index (χ2v) is 18.4. The zero-order valence-electron chi connectivity index (χ0n) is 24.3. The van der Waals surface area contributed by atoms with E-state index in [1.165, 1.54) is 6.07 Å². The molecule has 2 N–H and O–H groups in total. The SMILES string of the molecule is CC1(C)C[C@@H]2CCCNc3cccc(n3)S(=O)(=O)NC(=O)c3ccc(-n4ccc(OCCS(C)(C)C)n4)nc3N1C2. The highest BCUT2D eigenvalue weighted by atomic mass is 32.3. The molecule has 1 amide bonds. The smallest absolute Gasteiger partial charge is 0.281 e. The molecule has 4 bridgehead atoms. The van der Waals surface area contributed by atoms with Crippen molar-refractivity contribution in [2.45, 2.75) is 43.7 Å². The van der Waals surface area contributed by atoms with Gasteiger partial charge in [-0.05, 0) is 82.1 Å². The van der Waals surface area contributed by atoms with Gasteiger partial charge in [0.05, 0.1) is 12.2 Å². The topological polar surface area (TPSA) is 131 Å².